The van der Waals surface area contributed by atoms with E-state index < -0.39 is 0 Å². The molecule has 0 saturated heterocycles. The molecule has 4 nitrogen and oxygen atoms in total. The maximum atomic E-state index is 4.11. The Morgan fingerprint density at radius 3 is 2.75 bits per heavy atom. The predicted octanol–water partition coefficient (Wildman–Crippen LogP) is 2.06. The van der Waals surface area contributed by atoms with Gasteiger partial charge in [-0.2, -0.15) is 0 Å². The lowest BCUT2D eigenvalue weighted by atomic mass is 10.2. The van der Waals surface area contributed by atoms with Gasteiger partial charge in [0.1, 0.15) is 6.33 Å². The van der Waals surface area contributed by atoms with E-state index in [0.717, 1.165) is 29.9 Å². The van der Waals surface area contributed by atoms with Crippen LogP contribution in [0.25, 0.3) is 0 Å². The third-order valence-corrected chi connectivity index (χ3v) is 3.36. The van der Waals surface area contributed by atoms with Gasteiger partial charge in [-0.15, -0.1) is 10.2 Å². The Morgan fingerprint density at radius 1 is 1.12 bits per heavy atom. The van der Waals surface area contributed by atoms with E-state index in [9.17, 15) is 0 Å². The van der Waals surface area contributed by atoms with Crippen LogP contribution in [0, 0.1) is 0 Å². The maximum absolute atomic E-state index is 4.11. The molecule has 5 heteroatoms. The second-order valence-electron chi connectivity index (χ2n) is 3.84. The van der Waals surface area contributed by atoms with E-state index in [1.54, 1.807) is 6.33 Å². The van der Waals surface area contributed by atoms with Gasteiger partial charge in [0.15, 0.2) is 5.82 Å². The van der Waals surface area contributed by atoms with Gasteiger partial charge in [-0.1, -0.05) is 15.9 Å². The smallest absolute Gasteiger partial charge is 0.152 e. The minimum Gasteiger partial charge on any atom is -0.362 e. The zero-order chi connectivity index (χ0) is 11.0. The third-order valence-electron chi connectivity index (χ3n) is 2.83. The van der Waals surface area contributed by atoms with Crippen LogP contribution in [-0.2, 0) is 13.1 Å². The average Bonchev–Trinajstić information content (AvgIpc) is 2.77. The van der Waals surface area contributed by atoms with E-state index in [1.165, 1.54) is 5.69 Å². The second-order valence-corrected chi connectivity index (χ2v) is 4.75. The molecule has 3 rings (SSSR count). The minimum absolute atomic E-state index is 0.835. The Hall–Kier alpha value is -1.36. The van der Waals surface area contributed by atoms with Crippen LogP contribution in [0.5, 0.6) is 0 Å². The molecule has 1 aromatic heterocycles. The van der Waals surface area contributed by atoms with Crippen molar-refractivity contribution in [2.75, 3.05) is 11.4 Å². The molecule has 0 unspecified atom stereocenters. The largest absolute Gasteiger partial charge is 0.362 e. The number of benzene rings is 1. The van der Waals surface area contributed by atoms with Gasteiger partial charge in [0.25, 0.3) is 0 Å². The normalized spacial score (nSPS) is 14.9. The van der Waals surface area contributed by atoms with Crippen LogP contribution in [0.4, 0.5) is 5.69 Å². The Balaban J connectivity index is 1.86. The van der Waals surface area contributed by atoms with E-state index in [-0.39, 0.29) is 0 Å². The lowest BCUT2D eigenvalue weighted by molar-refractivity contribution is 0.560. The summed E-state index contributed by atoms with van der Waals surface area (Å²) in [5.41, 5.74) is 1.23. The molecule has 0 fully saturated rings. The molecular weight excluding hydrogens is 268 g/mol. The van der Waals surface area contributed by atoms with Crippen molar-refractivity contribution in [1.82, 2.24) is 14.8 Å². The minimum atomic E-state index is 0.835. The molecule has 0 spiro atoms. The summed E-state index contributed by atoms with van der Waals surface area (Å²) in [6, 6.07) is 8.37. The van der Waals surface area contributed by atoms with Crippen LogP contribution in [0.1, 0.15) is 5.82 Å². The molecule has 1 aliphatic rings. The highest BCUT2D eigenvalue weighted by Crippen LogP contribution is 2.21. The molecule has 1 aliphatic heterocycles. The molecule has 0 radical (unpaired) electrons. The summed E-state index contributed by atoms with van der Waals surface area (Å²) < 4.78 is 3.21. The van der Waals surface area contributed by atoms with Crippen molar-refractivity contribution in [3.05, 3.63) is 40.9 Å². The second kappa shape index (κ2) is 3.90. The lowest BCUT2D eigenvalue weighted by Gasteiger charge is -2.28. The van der Waals surface area contributed by atoms with Crippen LogP contribution in [-0.4, -0.2) is 21.3 Å². The van der Waals surface area contributed by atoms with Crippen LogP contribution in [0.15, 0.2) is 35.1 Å². The lowest BCUT2D eigenvalue weighted by Crippen LogP contribution is -2.33. The van der Waals surface area contributed by atoms with Gasteiger partial charge in [-0.25, -0.2) is 0 Å². The summed E-state index contributed by atoms with van der Waals surface area (Å²) in [6.45, 7) is 2.80. The highest BCUT2D eigenvalue weighted by molar-refractivity contribution is 9.10. The summed E-state index contributed by atoms with van der Waals surface area (Å²) in [5, 5.41) is 8.04. The number of halogens is 1. The summed E-state index contributed by atoms with van der Waals surface area (Å²) in [5.74, 6) is 1.04. The third kappa shape index (κ3) is 1.71. The van der Waals surface area contributed by atoms with Gasteiger partial charge in [-0.05, 0) is 24.3 Å². The molecule has 0 N–H and O–H groups in total. The Labute approximate surface area is 102 Å². The van der Waals surface area contributed by atoms with Gasteiger partial charge in [0, 0.05) is 23.2 Å². The zero-order valence-corrected chi connectivity index (χ0v) is 10.3. The van der Waals surface area contributed by atoms with Gasteiger partial charge in [0.2, 0.25) is 0 Å². The predicted molar refractivity (Wildman–Crippen MR) is 65.2 cm³/mol. The van der Waals surface area contributed by atoms with Crippen LogP contribution >= 0.6 is 15.9 Å². The van der Waals surface area contributed by atoms with Gasteiger partial charge >= 0.3 is 0 Å². The van der Waals surface area contributed by atoms with Crippen molar-refractivity contribution in [2.45, 2.75) is 13.1 Å². The first kappa shape index (κ1) is 9.84. The highest BCUT2D eigenvalue weighted by Gasteiger charge is 2.17. The molecule has 1 aromatic carbocycles. The summed E-state index contributed by atoms with van der Waals surface area (Å²) in [4.78, 5) is 2.32. The number of fused-ring (bicyclic) bond motifs is 1. The van der Waals surface area contributed by atoms with E-state index in [2.05, 4.69) is 59.9 Å². The van der Waals surface area contributed by atoms with Crippen LogP contribution in [0.2, 0.25) is 0 Å². The first-order valence-corrected chi connectivity index (χ1v) is 5.99. The van der Waals surface area contributed by atoms with E-state index in [1.807, 2.05) is 0 Å². The monoisotopic (exact) mass is 278 g/mol. The van der Waals surface area contributed by atoms with Crippen molar-refractivity contribution in [3.63, 3.8) is 0 Å². The number of hydrogen-bond donors (Lipinski definition) is 0. The Bertz CT molecular complexity index is 491. The van der Waals surface area contributed by atoms with E-state index >= 15 is 0 Å². The van der Waals surface area contributed by atoms with Crippen LogP contribution < -0.4 is 4.90 Å². The van der Waals surface area contributed by atoms with Gasteiger partial charge in [-0.3, -0.25) is 0 Å². The number of rotatable bonds is 1. The van der Waals surface area contributed by atoms with Crippen molar-refractivity contribution in [1.29, 1.82) is 0 Å². The standard InChI is InChI=1S/C11H11BrN4/c12-9-1-3-10(4-2-9)15-5-6-16-8-13-14-11(16)7-15/h1-4,8H,5-7H2. The SMILES string of the molecule is Brc1ccc(N2CCn3cnnc3C2)cc1. The highest BCUT2D eigenvalue weighted by atomic mass is 79.9. The summed E-state index contributed by atoms with van der Waals surface area (Å²) in [7, 11) is 0. The van der Waals surface area contributed by atoms with Gasteiger partial charge < -0.3 is 9.47 Å². The molecule has 0 atom stereocenters. The molecule has 82 valence electrons. The van der Waals surface area contributed by atoms with Crippen molar-refractivity contribution < 1.29 is 0 Å². The summed E-state index contributed by atoms with van der Waals surface area (Å²) in [6.07, 6.45) is 1.80. The number of nitrogens with zero attached hydrogens (tertiary/aromatic N) is 4. The fraction of sp³-hybridized carbons (Fsp3) is 0.273. The molecule has 16 heavy (non-hydrogen) atoms. The zero-order valence-electron chi connectivity index (χ0n) is 8.67. The fourth-order valence-electron chi connectivity index (χ4n) is 1.94. The molecule has 0 amide bonds. The molecule has 0 bridgehead atoms. The Morgan fingerprint density at radius 2 is 1.94 bits per heavy atom. The van der Waals surface area contributed by atoms with E-state index in [4.69, 9.17) is 0 Å². The quantitative estimate of drug-likeness (QED) is 0.801. The first-order chi connectivity index (χ1) is 7.83. The number of hydrogen-bond acceptors (Lipinski definition) is 3. The molecule has 2 aromatic rings. The molecule has 0 saturated carbocycles. The van der Waals surface area contributed by atoms with Crippen molar-refractivity contribution in [2.24, 2.45) is 0 Å². The van der Waals surface area contributed by atoms with Gasteiger partial charge in [0.05, 0.1) is 6.54 Å². The Kier molecular flexibility index (Phi) is 2.40. The van der Waals surface area contributed by atoms with E-state index in [0.29, 0.717) is 0 Å². The van der Waals surface area contributed by atoms with Crippen LogP contribution in [0.3, 0.4) is 0 Å². The first-order valence-electron chi connectivity index (χ1n) is 5.20. The maximum Gasteiger partial charge on any atom is 0.152 e. The molecule has 0 aliphatic carbocycles. The number of anilines is 1. The fourth-order valence-corrected chi connectivity index (χ4v) is 2.20. The molecule has 2 heterocycles. The average molecular weight is 279 g/mol. The summed E-state index contributed by atoms with van der Waals surface area (Å²) >= 11 is 3.44. The van der Waals surface area contributed by atoms with Crippen molar-refractivity contribution >= 4 is 21.6 Å². The number of aromatic nitrogens is 3. The molecular formula is C11H11BrN4. The topological polar surface area (TPSA) is 34.0 Å². The van der Waals surface area contributed by atoms with Crippen molar-refractivity contribution in [3.8, 4) is 0 Å².